The first kappa shape index (κ1) is 20.8. The predicted octanol–water partition coefficient (Wildman–Crippen LogP) is 4.87. The molecular weight excluding hydrogens is 364 g/mol. The number of benzene rings is 2. The highest BCUT2D eigenvalue weighted by atomic mass is 16.5. The number of carbonyl (C=O) groups excluding carboxylic acids is 1. The van der Waals surface area contributed by atoms with Gasteiger partial charge >= 0.3 is 0 Å². The lowest BCUT2D eigenvalue weighted by Crippen LogP contribution is -2.29. The summed E-state index contributed by atoms with van der Waals surface area (Å²) in [5.74, 6) is 1.89. The second-order valence-electron chi connectivity index (χ2n) is 7.66. The minimum absolute atomic E-state index is 0.0702. The molecule has 0 saturated heterocycles. The first-order valence-corrected chi connectivity index (χ1v) is 10.1. The van der Waals surface area contributed by atoms with Gasteiger partial charge in [0, 0.05) is 41.5 Å². The number of hydrogen-bond donors (Lipinski definition) is 2. The Morgan fingerprint density at radius 1 is 1.03 bits per heavy atom. The number of hydrogen-bond acceptors (Lipinski definition) is 3. The quantitative estimate of drug-likeness (QED) is 0.544. The molecule has 3 rings (SSSR count). The van der Waals surface area contributed by atoms with E-state index in [-0.39, 0.29) is 11.8 Å². The van der Waals surface area contributed by atoms with Gasteiger partial charge in [-0.2, -0.15) is 0 Å². The Kier molecular flexibility index (Phi) is 6.81. The maximum atomic E-state index is 12.4. The molecule has 2 aromatic carbocycles. The minimum atomic E-state index is -0.0702. The molecule has 1 unspecified atom stereocenters. The topological polar surface area (TPSA) is 63.3 Å². The summed E-state index contributed by atoms with van der Waals surface area (Å²) < 4.78 is 11.2. The summed E-state index contributed by atoms with van der Waals surface area (Å²) in [6.45, 7) is 4.74. The van der Waals surface area contributed by atoms with E-state index in [0.29, 0.717) is 30.4 Å². The van der Waals surface area contributed by atoms with Crippen LogP contribution in [-0.4, -0.2) is 31.7 Å². The van der Waals surface area contributed by atoms with Crippen molar-refractivity contribution in [3.8, 4) is 11.5 Å². The summed E-state index contributed by atoms with van der Waals surface area (Å²) >= 11 is 0. The molecule has 29 heavy (non-hydrogen) atoms. The van der Waals surface area contributed by atoms with E-state index in [4.69, 9.17) is 9.47 Å². The third-order valence-electron chi connectivity index (χ3n) is 5.26. The number of ether oxygens (including phenoxy) is 2. The van der Waals surface area contributed by atoms with Crippen LogP contribution >= 0.6 is 0 Å². The van der Waals surface area contributed by atoms with Gasteiger partial charge in [-0.3, -0.25) is 4.79 Å². The van der Waals surface area contributed by atoms with E-state index >= 15 is 0 Å². The highest BCUT2D eigenvalue weighted by Crippen LogP contribution is 2.40. The zero-order valence-electron chi connectivity index (χ0n) is 17.6. The standard InChI is InChI=1S/C24H30N2O3/c1-16(2)12-13-23(27)26-15-20(18-9-7-11-22(28-3)24(18)29-4)19-14-25-21-10-6-5-8-17(19)21/h5-11,14,16,20,25H,12-13,15H2,1-4H3,(H,26,27). The predicted molar refractivity (Wildman–Crippen MR) is 117 cm³/mol. The van der Waals surface area contributed by atoms with Crippen molar-refractivity contribution in [3.05, 3.63) is 59.8 Å². The highest BCUT2D eigenvalue weighted by molar-refractivity contribution is 5.84. The maximum Gasteiger partial charge on any atom is 0.220 e. The van der Waals surface area contributed by atoms with Crippen molar-refractivity contribution in [2.24, 2.45) is 5.92 Å². The molecule has 154 valence electrons. The van der Waals surface area contributed by atoms with Gasteiger partial charge in [-0.25, -0.2) is 0 Å². The molecule has 1 atom stereocenters. The third kappa shape index (κ3) is 4.73. The molecule has 1 amide bonds. The molecule has 0 saturated carbocycles. The van der Waals surface area contributed by atoms with Crippen LogP contribution in [0.2, 0.25) is 0 Å². The number of carbonyl (C=O) groups is 1. The number of methoxy groups -OCH3 is 2. The van der Waals surface area contributed by atoms with Crippen molar-refractivity contribution < 1.29 is 14.3 Å². The van der Waals surface area contributed by atoms with Crippen LogP contribution < -0.4 is 14.8 Å². The monoisotopic (exact) mass is 394 g/mol. The van der Waals surface area contributed by atoms with Crippen molar-refractivity contribution in [3.63, 3.8) is 0 Å². The van der Waals surface area contributed by atoms with Crippen LogP contribution in [0.3, 0.4) is 0 Å². The lowest BCUT2D eigenvalue weighted by Gasteiger charge is -2.22. The van der Waals surface area contributed by atoms with E-state index < -0.39 is 0 Å². The highest BCUT2D eigenvalue weighted by Gasteiger charge is 2.24. The summed E-state index contributed by atoms with van der Waals surface area (Å²) in [6, 6.07) is 14.1. The maximum absolute atomic E-state index is 12.4. The molecule has 1 heterocycles. The molecule has 5 nitrogen and oxygen atoms in total. The Morgan fingerprint density at radius 2 is 1.83 bits per heavy atom. The fourth-order valence-corrected chi connectivity index (χ4v) is 3.68. The summed E-state index contributed by atoms with van der Waals surface area (Å²) in [7, 11) is 3.28. The van der Waals surface area contributed by atoms with Gasteiger partial charge in [0.05, 0.1) is 14.2 Å². The first-order chi connectivity index (χ1) is 14.0. The Morgan fingerprint density at radius 3 is 2.55 bits per heavy atom. The minimum Gasteiger partial charge on any atom is -0.493 e. The summed E-state index contributed by atoms with van der Waals surface area (Å²) in [5, 5.41) is 4.27. The molecule has 0 fully saturated rings. The van der Waals surface area contributed by atoms with Gasteiger partial charge in [0.1, 0.15) is 0 Å². The Labute approximate surface area is 172 Å². The molecule has 0 bridgehead atoms. The van der Waals surface area contributed by atoms with Gasteiger partial charge in [0.15, 0.2) is 11.5 Å². The van der Waals surface area contributed by atoms with Crippen LogP contribution in [-0.2, 0) is 4.79 Å². The van der Waals surface area contributed by atoms with E-state index in [9.17, 15) is 4.79 Å². The van der Waals surface area contributed by atoms with Crippen LogP contribution in [0.15, 0.2) is 48.7 Å². The van der Waals surface area contributed by atoms with E-state index in [1.165, 1.54) is 0 Å². The number of aromatic nitrogens is 1. The zero-order valence-corrected chi connectivity index (χ0v) is 17.6. The molecule has 5 heteroatoms. The van der Waals surface area contributed by atoms with Crippen molar-refractivity contribution in [1.29, 1.82) is 0 Å². The fraction of sp³-hybridized carbons (Fsp3) is 0.375. The Bertz CT molecular complexity index is 962. The Hall–Kier alpha value is -2.95. The van der Waals surface area contributed by atoms with E-state index in [0.717, 1.165) is 28.5 Å². The van der Waals surface area contributed by atoms with Crippen molar-refractivity contribution >= 4 is 16.8 Å². The van der Waals surface area contributed by atoms with Crippen LogP contribution in [0, 0.1) is 5.92 Å². The first-order valence-electron chi connectivity index (χ1n) is 10.1. The zero-order chi connectivity index (χ0) is 20.8. The summed E-state index contributed by atoms with van der Waals surface area (Å²) in [5.41, 5.74) is 3.18. The van der Waals surface area contributed by atoms with Gasteiger partial charge in [0.25, 0.3) is 0 Å². The van der Waals surface area contributed by atoms with E-state index in [1.807, 2.05) is 36.5 Å². The van der Waals surface area contributed by atoms with Gasteiger partial charge in [-0.1, -0.05) is 44.2 Å². The number of nitrogens with one attached hydrogen (secondary N) is 2. The number of H-pyrrole nitrogens is 1. The fourth-order valence-electron chi connectivity index (χ4n) is 3.68. The van der Waals surface area contributed by atoms with Crippen LogP contribution in [0.1, 0.15) is 43.7 Å². The average molecular weight is 395 g/mol. The lowest BCUT2D eigenvalue weighted by atomic mass is 9.89. The number of amides is 1. The smallest absolute Gasteiger partial charge is 0.220 e. The largest absolute Gasteiger partial charge is 0.493 e. The Balaban J connectivity index is 1.98. The summed E-state index contributed by atoms with van der Waals surface area (Å²) in [4.78, 5) is 15.8. The van der Waals surface area contributed by atoms with Gasteiger partial charge in [0.2, 0.25) is 5.91 Å². The van der Waals surface area contributed by atoms with Crippen LogP contribution in [0.25, 0.3) is 10.9 Å². The molecule has 0 aliphatic heterocycles. The van der Waals surface area contributed by atoms with Gasteiger partial charge < -0.3 is 19.8 Å². The number of fused-ring (bicyclic) bond motifs is 1. The van der Waals surface area contributed by atoms with Crippen molar-refractivity contribution in [2.45, 2.75) is 32.6 Å². The van der Waals surface area contributed by atoms with E-state index in [1.54, 1.807) is 14.2 Å². The molecule has 3 aromatic rings. The normalized spacial score (nSPS) is 12.2. The molecule has 1 aromatic heterocycles. The van der Waals surface area contributed by atoms with Crippen molar-refractivity contribution in [2.75, 3.05) is 20.8 Å². The molecule has 2 N–H and O–H groups in total. The van der Waals surface area contributed by atoms with Gasteiger partial charge in [-0.15, -0.1) is 0 Å². The second-order valence-corrected chi connectivity index (χ2v) is 7.66. The molecule has 0 aliphatic carbocycles. The number of para-hydroxylation sites is 2. The molecule has 0 spiro atoms. The third-order valence-corrected chi connectivity index (χ3v) is 5.26. The van der Waals surface area contributed by atoms with Crippen LogP contribution in [0.4, 0.5) is 0 Å². The number of rotatable bonds is 9. The second kappa shape index (κ2) is 9.50. The SMILES string of the molecule is COc1cccc(C(CNC(=O)CCC(C)C)c2c[nH]c3ccccc23)c1OC. The van der Waals surface area contributed by atoms with Crippen LogP contribution in [0.5, 0.6) is 11.5 Å². The van der Waals surface area contributed by atoms with Crippen molar-refractivity contribution in [1.82, 2.24) is 10.3 Å². The average Bonchev–Trinajstić information content (AvgIpc) is 3.16. The molecule has 0 aliphatic rings. The van der Waals surface area contributed by atoms with Gasteiger partial charge in [-0.05, 0) is 30.0 Å². The summed E-state index contributed by atoms with van der Waals surface area (Å²) in [6.07, 6.45) is 3.44. The number of aromatic amines is 1. The molecular formula is C24H30N2O3. The van der Waals surface area contributed by atoms with E-state index in [2.05, 4.69) is 36.3 Å². The lowest BCUT2D eigenvalue weighted by molar-refractivity contribution is -0.121. The molecule has 0 radical (unpaired) electrons.